The summed E-state index contributed by atoms with van der Waals surface area (Å²) in [5, 5.41) is 2.96. The van der Waals surface area contributed by atoms with Crippen LogP contribution in [0, 0.1) is 0 Å². The van der Waals surface area contributed by atoms with E-state index in [2.05, 4.69) is 83.0 Å². The monoisotopic (exact) mass is 448 g/mol. The van der Waals surface area contributed by atoms with Crippen molar-refractivity contribution in [3.8, 4) is 0 Å². The van der Waals surface area contributed by atoms with Gasteiger partial charge in [-0.3, -0.25) is 4.79 Å². The van der Waals surface area contributed by atoms with E-state index in [1.807, 2.05) is 12.1 Å². The number of hydrogen-bond donors (Lipinski definition) is 1. The number of anilines is 1. The van der Waals surface area contributed by atoms with Crippen LogP contribution in [0.1, 0.15) is 54.0 Å². The first-order valence-corrected chi connectivity index (χ1v) is 12.4. The van der Waals surface area contributed by atoms with Crippen LogP contribution in [-0.4, -0.2) is 30.4 Å². The van der Waals surface area contributed by atoms with Crippen LogP contribution in [0.3, 0.4) is 0 Å². The first-order chi connectivity index (χ1) is 16.7. The lowest BCUT2D eigenvalue weighted by atomic mass is 9.86. The molecule has 34 heavy (non-hydrogen) atoms. The Morgan fingerprint density at radius 1 is 0.824 bits per heavy atom. The summed E-state index contributed by atoms with van der Waals surface area (Å²) in [6.07, 6.45) is 8.82. The molecule has 1 amide bonds. The number of carbonyl (C=O) groups is 1. The Balaban J connectivity index is 1.28. The lowest BCUT2D eigenvalue weighted by Gasteiger charge is -2.30. The Morgan fingerprint density at radius 2 is 1.41 bits per heavy atom. The summed E-state index contributed by atoms with van der Waals surface area (Å²) < 4.78 is 0. The summed E-state index contributed by atoms with van der Waals surface area (Å²) in [5.74, 6) is -0.0130. The highest BCUT2D eigenvalue weighted by Crippen LogP contribution is 2.38. The number of hydrogen-bond acceptors (Lipinski definition) is 2. The summed E-state index contributed by atoms with van der Waals surface area (Å²) in [6.45, 7) is 4.86. The number of amides is 1. The normalized spacial score (nSPS) is 15.4. The van der Waals surface area contributed by atoms with Crippen LogP contribution >= 0.6 is 0 Å². The van der Waals surface area contributed by atoms with E-state index in [4.69, 9.17) is 0 Å². The van der Waals surface area contributed by atoms with Crippen molar-refractivity contribution in [3.05, 3.63) is 106 Å². The van der Waals surface area contributed by atoms with E-state index in [-0.39, 0.29) is 5.91 Å². The zero-order valence-corrected chi connectivity index (χ0v) is 19.9. The molecule has 3 heteroatoms. The number of nitrogens with zero attached hydrogens (tertiary/aromatic N) is 1. The fourth-order valence-electron chi connectivity index (χ4n) is 5.29. The molecule has 0 spiro atoms. The molecule has 1 N–H and O–H groups in total. The van der Waals surface area contributed by atoms with Crippen LogP contribution in [0.15, 0.2) is 78.4 Å². The van der Waals surface area contributed by atoms with Crippen molar-refractivity contribution in [1.29, 1.82) is 0 Å². The summed E-state index contributed by atoms with van der Waals surface area (Å²) >= 11 is 0. The van der Waals surface area contributed by atoms with E-state index in [1.54, 1.807) is 12.5 Å². The Bertz CT molecular complexity index is 1190. The fraction of sp³-hybridized carbons (Fsp3) is 0.258. The maximum absolute atomic E-state index is 11.5. The molecule has 172 valence electrons. The van der Waals surface area contributed by atoms with Gasteiger partial charge < -0.3 is 10.2 Å². The van der Waals surface area contributed by atoms with E-state index in [0.717, 1.165) is 51.0 Å². The standard InChI is InChI=1S/C31H32N2O/c1-23(34)32-30-15-7-4-11-26(30)12-8-20-33-21-18-27(19-22-33)31-28-13-5-2-9-24(28)16-17-25-10-3-6-14-29(25)31/h2-7,9-11,13-17H,8,12,18-22H2,1H3,(H,32,34). The topological polar surface area (TPSA) is 32.3 Å². The van der Waals surface area contributed by atoms with Gasteiger partial charge >= 0.3 is 0 Å². The third-order valence-corrected chi connectivity index (χ3v) is 6.96. The molecule has 3 nitrogen and oxygen atoms in total. The third-order valence-electron chi connectivity index (χ3n) is 6.96. The first-order valence-electron chi connectivity index (χ1n) is 12.4. The van der Waals surface area contributed by atoms with Gasteiger partial charge in [0.1, 0.15) is 0 Å². The maximum atomic E-state index is 11.5. The molecule has 0 bridgehead atoms. The second-order valence-electron chi connectivity index (χ2n) is 9.27. The van der Waals surface area contributed by atoms with Gasteiger partial charge in [0.25, 0.3) is 0 Å². The van der Waals surface area contributed by atoms with Crippen molar-refractivity contribution in [1.82, 2.24) is 4.90 Å². The molecule has 1 heterocycles. The zero-order chi connectivity index (χ0) is 23.3. The molecular formula is C31H32N2O. The number of nitrogens with one attached hydrogen (secondary N) is 1. The van der Waals surface area contributed by atoms with E-state index < -0.39 is 0 Å². The second kappa shape index (κ2) is 10.2. The lowest BCUT2D eigenvalue weighted by Crippen LogP contribution is -2.32. The first kappa shape index (κ1) is 22.4. The predicted molar refractivity (Wildman–Crippen MR) is 143 cm³/mol. The van der Waals surface area contributed by atoms with Crippen molar-refractivity contribution in [2.75, 3.05) is 25.0 Å². The van der Waals surface area contributed by atoms with Crippen LogP contribution in [0.2, 0.25) is 0 Å². The molecular weight excluding hydrogens is 416 g/mol. The van der Waals surface area contributed by atoms with Crippen LogP contribution in [0.25, 0.3) is 17.7 Å². The molecule has 0 saturated carbocycles. The number of carbonyl (C=O) groups excluding carboxylic acids is 1. The van der Waals surface area contributed by atoms with Crippen molar-refractivity contribution in [2.45, 2.75) is 32.6 Å². The number of rotatable bonds is 5. The highest BCUT2D eigenvalue weighted by molar-refractivity contribution is 5.95. The summed E-state index contributed by atoms with van der Waals surface area (Å²) in [5.41, 5.74) is 10.5. The van der Waals surface area contributed by atoms with Gasteiger partial charge in [0.15, 0.2) is 0 Å². The number of aryl methyl sites for hydroxylation is 1. The number of fused-ring (bicyclic) bond motifs is 2. The Labute approximate surface area is 202 Å². The van der Waals surface area contributed by atoms with Gasteiger partial charge in [-0.15, -0.1) is 0 Å². The molecule has 2 aliphatic rings. The zero-order valence-electron chi connectivity index (χ0n) is 19.9. The number of para-hydroxylation sites is 1. The molecule has 0 radical (unpaired) electrons. The summed E-state index contributed by atoms with van der Waals surface area (Å²) in [7, 11) is 0. The van der Waals surface area contributed by atoms with Crippen LogP contribution in [0.5, 0.6) is 0 Å². The van der Waals surface area contributed by atoms with E-state index in [0.29, 0.717) is 0 Å². The average molecular weight is 449 g/mol. The molecule has 3 aromatic rings. The Kier molecular flexibility index (Phi) is 6.73. The summed E-state index contributed by atoms with van der Waals surface area (Å²) in [4.78, 5) is 14.1. The lowest BCUT2D eigenvalue weighted by molar-refractivity contribution is -0.114. The molecule has 1 aliphatic heterocycles. The van der Waals surface area contributed by atoms with Crippen molar-refractivity contribution >= 4 is 29.3 Å². The molecule has 1 fully saturated rings. The van der Waals surface area contributed by atoms with E-state index >= 15 is 0 Å². The van der Waals surface area contributed by atoms with Crippen molar-refractivity contribution in [3.63, 3.8) is 0 Å². The number of benzene rings is 3. The minimum atomic E-state index is -0.0130. The van der Waals surface area contributed by atoms with E-state index in [9.17, 15) is 4.79 Å². The number of likely N-dealkylation sites (tertiary alicyclic amines) is 1. The van der Waals surface area contributed by atoms with Crippen LogP contribution in [0.4, 0.5) is 5.69 Å². The van der Waals surface area contributed by atoms with Gasteiger partial charge in [-0.25, -0.2) is 0 Å². The van der Waals surface area contributed by atoms with Crippen LogP contribution in [-0.2, 0) is 11.2 Å². The summed E-state index contributed by atoms with van der Waals surface area (Å²) in [6, 6.07) is 25.8. The van der Waals surface area contributed by atoms with Crippen molar-refractivity contribution < 1.29 is 4.79 Å². The van der Waals surface area contributed by atoms with Crippen molar-refractivity contribution in [2.24, 2.45) is 0 Å². The molecule has 1 aliphatic carbocycles. The Hall–Kier alpha value is -3.43. The third kappa shape index (κ3) is 4.90. The van der Waals surface area contributed by atoms with Gasteiger partial charge in [0, 0.05) is 25.7 Å². The average Bonchev–Trinajstić information content (AvgIpc) is 3.02. The van der Waals surface area contributed by atoms with Gasteiger partial charge in [-0.2, -0.15) is 0 Å². The quantitative estimate of drug-likeness (QED) is 0.370. The maximum Gasteiger partial charge on any atom is 0.221 e. The molecule has 3 aromatic carbocycles. The molecule has 0 aromatic heterocycles. The van der Waals surface area contributed by atoms with Gasteiger partial charge in [-0.05, 0) is 71.7 Å². The highest BCUT2D eigenvalue weighted by atomic mass is 16.1. The van der Waals surface area contributed by atoms with Gasteiger partial charge in [0.2, 0.25) is 5.91 Å². The van der Waals surface area contributed by atoms with Gasteiger partial charge in [0.05, 0.1) is 0 Å². The minimum absolute atomic E-state index is 0.0130. The largest absolute Gasteiger partial charge is 0.326 e. The molecule has 0 unspecified atom stereocenters. The van der Waals surface area contributed by atoms with Gasteiger partial charge in [-0.1, -0.05) is 84.5 Å². The smallest absolute Gasteiger partial charge is 0.221 e. The van der Waals surface area contributed by atoms with Crippen LogP contribution < -0.4 is 5.32 Å². The molecule has 5 rings (SSSR count). The molecule has 0 atom stereocenters. The van der Waals surface area contributed by atoms with E-state index in [1.165, 1.54) is 33.4 Å². The highest BCUT2D eigenvalue weighted by Gasteiger charge is 2.22. The number of piperidine rings is 1. The minimum Gasteiger partial charge on any atom is -0.326 e. The fourth-order valence-corrected chi connectivity index (χ4v) is 5.29. The second-order valence-corrected chi connectivity index (χ2v) is 9.27. The SMILES string of the molecule is CC(=O)Nc1ccccc1CCCN1CCC(=C2c3ccccc3C=Cc3ccccc32)CC1. The molecule has 1 saturated heterocycles. The Morgan fingerprint density at radius 3 is 2.06 bits per heavy atom. The predicted octanol–water partition coefficient (Wildman–Crippen LogP) is 6.66.